The zero-order chi connectivity index (χ0) is 8.39. The number of rotatable bonds is 2. The van der Waals surface area contributed by atoms with Crippen LogP contribution in [0.3, 0.4) is 0 Å². The Balaban J connectivity index is 2.06. The van der Waals surface area contributed by atoms with Crippen molar-refractivity contribution in [3.05, 3.63) is 21.9 Å². The van der Waals surface area contributed by atoms with Crippen molar-refractivity contribution in [3.63, 3.8) is 0 Å². The van der Waals surface area contributed by atoms with Crippen LogP contribution in [-0.4, -0.2) is 11.1 Å². The molecule has 0 radical (unpaired) electrons. The van der Waals surface area contributed by atoms with Gasteiger partial charge in [-0.05, 0) is 54.0 Å². The lowest BCUT2D eigenvalue weighted by atomic mass is 9.96. The number of hydrogen-bond acceptors (Lipinski definition) is 2. The third-order valence-corrected chi connectivity index (χ3v) is 2.88. The highest BCUT2D eigenvalue weighted by atomic mass is 127. The second-order valence-corrected chi connectivity index (χ2v) is 4.12. The first-order chi connectivity index (χ1) is 5.86. The van der Waals surface area contributed by atoms with Gasteiger partial charge in [0.2, 0.25) is 5.88 Å². The van der Waals surface area contributed by atoms with Gasteiger partial charge < -0.3 is 4.74 Å². The van der Waals surface area contributed by atoms with E-state index in [2.05, 4.69) is 27.6 Å². The molecule has 0 amide bonds. The second-order valence-electron chi connectivity index (χ2n) is 2.96. The number of aromatic nitrogens is 1. The molecule has 2 rings (SSSR count). The van der Waals surface area contributed by atoms with Crippen molar-refractivity contribution in [3.8, 4) is 5.88 Å². The number of nitrogens with zero attached hydrogens (tertiary/aromatic N) is 1. The molecule has 2 nitrogen and oxygen atoms in total. The summed E-state index contributed by atoms with van der Waals surface area (Å²) in [5, 5.41) is 0. The van der Waals surface area contributed by atoms with Crippen LogP contribution in [0, 0.1) is 3.57 Å². The maximum absolute atomic E-state index is 5.66. The molecule has 1 aliphatic carbocycles. The molecule has 1 saturated carbocycles. The second kappa shape index (κ2) is 3.60. The monoisotopic (exact) mass is 275 g/mol. The van der Waals surface area contributed by atoms with E-state index >= 15 is 0 Å². The summed E-state index contributed by atoms with van der Waals surface area (Å²) in [6.07, 6.45) is 5.87. The van der Waals surface area contributed by atoms with Crippen molar-refractivity contribution in [2.24, 2.45) is 0 Å². The lowest BCUT2D eigenvalue weighted by molar-refractivity contribution is 0.113. The summed E-state index contributed by atoms with van der Waals surface area (Å²) in [7, 11) is 0. The van der Waals surface area contributed by atoms with Crippen LogP contribution < -0.4 is 4.74 Å². The minimum absolute atomic E-state index is 0.424. The molecule has 0 unspecified atom stereocenters. The van der Waals surface area contributed by atoms with Crippen LogP contribution in [0.1, 0.15) is 19.3 Å². The normalized spacial score (nSPS) is 17.1. The lowest BCUT2D eigenvalue weighted by Gasteiger charge is -2.25. The van der Waals surface area contributed by atoms with Gasteiger partial charge in [-0.2, -0.15) is 0 Å². The van der Waals surface area contributed by atoms with Gasteiger partial charge in [-0.1, -0.05) is 0 Å². The molecule has 0 aliphatic heterocycles. The summed E-state index contributed by atoms with van der Waals surface area (Å²) in [6, 6.07) is 3.94. The summed E-state index contributed by atoms with van der Waals surface area (Å²) in [5.41, 5.74) is 0. The molecule has 64 valence electrons. The van der Waals surface area contributed by atoms with Crippen molar-refractivity contribution < 1.29 is 4.74 Å². The lowest BCUT2D eigenvalue weighted by Crippen LogP contribution is -2.25. The Bertz CT molecular complexity index is 273. The fourth-order valence-corrected chi connectivity index (χ4v) is 1.58. The summed E-state index contributed by atoms with van der Waals surface area (Å²) in [6.45, 7) is 0. The zero-order valence-corrected chi connectivity index (χ0v) is 8.82. The van der Waals surface area contributed by atoms with E-state index in [9.17, 15) is 0 Å². The maximum atomic E-state index is 5.66. The Morgan fingerprint density at radius 2 is 2.33 bits per heavy atom. The minimum Gasteiger partial charge on any atom is -0.474 e. The average molecular weight is 275 g/mol. The summed E-state index contributed by atoms with van der Waals surface area (Å²) < 4.78 is 6.76. The minimum atomic E-state index is 0.424. The number of pyridine rings is 1. The van der Waals surface area contributed by atoms with Gasteiger partial charge >= 0.3 is 0 Å². The van der Waals surface area contributed by atoms with Gasteiger partial charge in [0, 0.05) is 6.20 Å². The van der Waals surface area contributed by atoms with Crippen molar-refractivity contribution >= 4 is 22.6 Å². The molecule has 0 spiro atoms. The predicted octanol–water partition coefficient (Wildman–Crippen LogP) is 2.62. The first-order valence-electron chi connectivity index (χ1n) is 4.13. The van der Waals surface area contributed by atoms with Crippen molar-refractivity contribution in [2.45, 2.75) is 25.4 Å². The average Bonchev–Trinajstić information content (AvgIpc) is 2.00. The van der Waals surface area contributed by atoms with Crippen LogP contribution >= 0.6 is 22.6 Å². The third-order valence-electron chi connectivity index (χ3n) is 2.06. The highest BCUT2D eigenvalue weighted by molar-refractivity contribution is 14.1. The molecule has 0 saturated heterocycles. The van der Waals surface area contributed by atoms with E-state index in [-0.39, 0.29) is 0 Å². The summed E-state index contributed by atoms with van der Waals surface area (Å²) >= 11 is 2.25. The maximum Gasteiger partial charge on any atom is 0.227 e. The molecular formula is C9H10INO. The van der Waals surface area contributed by atoms with E-state index < -0.39 is 0 Å². The Morgan fingerprint density at radius 1 is 1.50 bits per heavy atom. The van der Waals surface area contributed by atoms with E-state index in [1.54, 1.807) is 6.20 Å². The fraction of sp³-hybridized carbons (Fsp3) is 0.444. The fourth-order valence-electron chi connectivity index (χ4n) is 1.10. The highest BCUT2D eigenvalue weighted by Gasteiger charge is 2.20. The standard InChI is InChI=1S/C9H10INO/c10-8-5-2-6-11-9(8)12-7-3-1-4-7/h2,5-7H,1,3-4H2. The first kappa shape index (κ1) is 8.29. The molecule has 3 heteroatoms. The summed E-state index contributed by atoms with van der Waals surface area (Å²) in [5.74, 6) is 0.794. The molecular weight excluding hydrogens is 265 g/mol. The largest absolute Gasteiger partial charge is 0.474 e. The number of hydrogen-bond donors (Lipinski definition) is 0. The predicted molar refractivity (Wildman–Crippen MR) is 55.2 cm³/mol. The zero-order valence-electron chi connectivity index (χ0n) is 6.66. The van der Waals surface area contributed by atoms with Gasteiger partial charge in [0.15, 0.2) is 0 Å². The van der Waals surface area contributed by atoms with Crippen LogP contribution in [0.25, 0.3) is 0 Å². The molecule has 0 N–H and O–H groups in total. The van der Waals surface area contributed by atoms with Crippen LogP contribution in [0.15, 0.2) is 18.3 Å². The van der Waals surface area contributed by atoms with Gasteiger partial charge in [-0.15, -0.1) is 0 Å². The van der Waals surface area contributed by atoms with Gasteiger partial charge in [-0.3, -0.25) is 0 Å². The van der Waals surface area contributed by atoms with Crippen molar-refractivity contribution in [1.82, 2.24) is 4.98 Å². The molecule has 1 heterocycles. The number of ether oxygens (including phenoxy) is 1. The third kappa shape index (κ3) is 1.71. The van der Waals surface area contributed by atoms with Crippen molar-refractivity contribution in [2.75, 3.05) is 0 Å². The quantitative estimate of drug-likeness (QED) is 0.774. The van der Waals surface area contributed by atoms with E-state index in [0.29, 0.717) is 6.10 Å². The molecule has 0 atom stereocenters. The number of halogens is 1. The van der Waals surface area contributed by atoms with Crippen LogP contribution in [0.4, 0.5) is 0 Å². The van der Waals surface area contributed by atoms with E-state index in [4.69, 9.17) is 4.74 Å². The molecule has 12 heavy (non-hydrogen) atoms. The molecule has 1 aliphatic rings. The van der Waals surface area contributed by atoms with Crippen LogP contribution in [-0.2, 0) is 0 Å². The summed E-state index contributed by atoms with van der Waals surface area (Å²) in [4.78, 5) is 4.17. The van der Waals surface area contributed by atoms with Crippen molar-refractivity contribution in [1.29, 1.82) is 0 Å². The molecule has 0 aromatic carbocycles. The van der Waals surface area contributed by atoms with Crippen LogP contribution in [0.5, 0.6) is 5.88 Å². The Hall–Kier alpha value is -0.320. The molecule has 0 bridgehead atoms. The molecule has 1 fully saturated rings. The van der Waals surface area contributed by atoms with Gasteiger partial charge in [0.1, 0.15) is 6.10 Å². The van der Waals surface area contributed by atoms with Crippen LogP contribution in [0.2, 0.25) is 0 Å². The highest BCUT2D eigenvalue weighted by Crippen LogP contribution is 2.26. The van der Waals surface area contributed by atoms with Gasteiger partial charge in [0.05, 0.1) is 3.57 Å². The van der Waals surface area contributed by atoms with E-state index in [1.807, 2.05) is 12.1 Å². The molecule has 1 aromatic heterocycles. The van der Waals surface area contributed by atoms with E-state index in [0.717, 1.165) is 9.45 Å². The SMILES string of the molecule is Ic1cccnc1OC1CCC1. The first-order valence-corrected chi connectivity index (χ1v) is 5.21. The van der Waals surface area contributed by atoms with Gasteiger partial charge in [-0.25, -0.2) is 4.98 Å². The smallest absolute Gasteiger partial charge is 0.227 e. The Morgan fingerprint density at radius 3 is 2.92 bits per heavy atom. The molecule has 1 aromatic rings. The topological polar surface area (TPSA) is 22.1 Å². The van der Waals surface area contributed by atoms with E-state index in [1.165, 1.54) is 19.3 Å². The van der Waals surface area contributed by atoms with Gasteiger partial charge in [0.25, 0.3) is 0 Å². The Kier molecular flexibility index (Phi) is 2.48. The Labute approximate surface area is 85.5 Å².